The minimum atomic E-state index is -1.42. The third-order valence-electron chi connectivity index (χ3n) is 5.72. The van der Waals surface area contributed by atoms with Crippen molar-refractivity contribution in [2.45, 2.75) is 82.7 Å². The molecule has 1 saturated heterocycles. The molecule has 0 aromatic rings. The van der Waals surface area contributed by atoms with E-state index in [9.17, 15) is 4.79 Å². The fourth-order valence-corrected chi connectivity index (χ4v) is 8.60. The van der Waals surface area contributed by atoms with E-state index in [0.717, 1.165) is 0 Å². The predicted octanol–water partition coefficient (Wildman–Crippen LogP) is 4.37. The van der Waals surface area contributed by atoms with Gasteiger partial charge >= 0.3 is 5.97 Å². The van der Waals surface area contributed by atoms with Crippen LogP contribution in [0.5, 0.6) is 0 Å². The lowest BCUT2D eigenvalue weighted by molar-refractivity contribution is -0.176. The van der Waals surface area contributed by atoms with Crippen molar-refractivity contribution in [3.05, 3.63) is 0 Å². The van der Waals surface area contributed by atoms with E-state index in [1.807, 2.05) is 0 Å². The van der Waals surface area contributed by atoms with E-state index in [1.54, 1.807) is 0 Å². The Balaban J connectivity index is 2.11. The Morgan fingerprint density at radius 1 is 1.06 bits per heavy atom. The molecule has 1 aliphatic heterocycles. The maximum absolute atomic E-state index is 12.0. The van der Waals surface area contributed by atoms with Crippen molar-refractivity contribution in [3.63, 3.8) is 0 Å². The summed E-state index contributed by atoms with van der Waals surface area (Å²) in [5.41, 5.74) is 0.320. The lowest BCUT2D eigenvalue weighted by Crippen LogP contribution is -2.58. The van der Waals surface area contributed by atoms with Crippen molar-refractivity contribution >= 4 is 14.0 Å². The Hall–Kier alpha value is -0.313. The van der Waals surface area contributed by atoms with Gasteiger partial charge in [0.25, 0.3) is 0 Å². The Morgan fingerprint density at radius 2 is 1.61 bits per heavy atom. The maximum Gasteiger partial charge on any atom is 0.310 e. The molecule has 0 N–H and O–H groups in total. The van der Waals surface area contributed by atoms with Crippen molar-refractivity contribution in [3.8, 4) is 0 Å². The highest BCUT2D eigenvalue weighted by atomic mass is 28.3. The molecule has 2 nitrogen and oxygen atoms in total. The molecule has 2 rings (SSSR count). The summed E-state index contributed by atoms with van der Waals surface area (Å²) in [6.07, 6.45) is 6.92. The van der Waals surface area contributed by atoms with Gasteiger partial charge in [0.1, 0.15) is 6.10 Å². The van der Waals surface area contributed by atoms with Crippen LogP contribution in [0, 0.1) is 5.92 Å². The van der Waals surface area contributed by atoms with Gasteiger partial charge in [-0.15, -0.1) is 0 Å². The van der Waals surface area contributed by atoms with Gasteiger partial charge in [-0.1, -0.05) is 58.2 Å². The first-order chi connectivity index (χ1) is 8.68. The van der Waals surface area contributed by atoms with Gasteiger partial charge in [-0.3, -0.25) is 4.79 Å². The number of hydrogen-bond donors (Lipinski definition) is 0. The fourth-order valence-electron chi connectivity index (χ4n) is 4.18. The van der Waals surface area contributed by atoms with Crippen molar-refractivity contribution < 1.29 is 9.53 Å². The molecule has 1 aliphatic carbocycles. The fraction of sp³-hybridized carbons (Fsp3) is 0.933. The molecular weight excluding hydrogens is 240 g/mol. The van der Waals surface area contributed by atoms with Crippen molar-refractivity contribution in [2.24, 2.45) is 5.92 Å². The van der Waals surface area contributed by atoms with Crippen LogP contribution in [0.2, 0.25) is 23.7 Å². The van der Waals surface area contributed by atoms with E-state index in [1.165, 1.54) is 50.2 Å². The van der Waals surface area contributed by atoms with E-state index in [-0.39, 0.29) is 5.97 Å². The third-order valence-corrected chi connectivity index (χ3v) is 11.8. The number of carbonyl (C=O) groups excluding carboxylic acids is 1. The average molecular weight is 268 g/mol. The highest BCUT2D eigenvalue weighted by Gasteiger charge is 2.56. The molecule has 0 bridgehead atoms. The lowest BCUT2D eigenvalue weighted by atomic mass is 9.82. The number of ether oxygens (including phenoxy) is 1. The van der Waals surface area contributed by atoms with Crippen LogP contribution in [0.4, 0.5) is 0 Å². The zero-order chi connectivity index (χ0) is 13.2. The number of esters is 1. The summed E-state index contributed by atoms with van der Waals surface area (Å²) in [4.78, 5) is 12.0. The minimum absolute atomic E-state index is 0.141. The summed E-state index contributed by atoms with van der Waals surface area (Å²) in [6, 6.07) is 3.72. The average Bonchev–Trinajstić information content (AvgIpc) is 2.43. The first-order valence-corrected chi connectivity index (χ1v) is 10.6. The second-order valence-electron chi connectivity index (χ2n) is 6.20. The molecule has 2 aliphatic rings. The van der Waals surface area contributed by atoms with E-state index in [4.69, 9.17) is 4.74 Å². The Morgan fingerprint density at radius 3 is 2.06 bits per heavy atom. The quantitative estimate of drug-likeness (QED) is 0.546. The number of carbonyl (C=O) groups is 1. The topological polar surface area (TPSA) is 26.3 Å². The van der Waals surface area contributed by atoms with Crippen molar-refractivity contribution in [1.82, 2.24) is 0 Å². The van der Waals surface area contributed by atoms with Crippen molar-refractivity contribution in [1.29, 1.82) is 0 Å². The van der Waals surface area contributed by atoms with E-state index in [0.29, 0.717) is 17.6 Å². The van der Waals surface area contributed by atoms with E-state index >= 15 is 0 Å². The maximum atomic E-state index is 12.0. The van der Waals surface area contributed by atoms with Crippen LogP contribution in [0.3, 0.4) is 0 Å². The van der Waals surface area contributed by atoms with Gasteiger partial charge in [-0.25, -0.2) is 0 Å². The third kappa shape index (κ3) is 2.26. The Bertz CT molecular complexity index is 285. The lowest BCUT2D eigenvalue weighted by Gasteiger charge is -2.49. The zero-order valence-electron chi connectivity index (χ0n) is 12.2. The zero-order valence-corrected chi connectivity index (χ0v) is 13.2. The molecule has 1 saturated carbocycles. The molecule has 0 aromatic heterocycles. The van der Waals surface area contributed by atoms with Gasteiger partial charge in [0, 0.05) is 0 Å². The molecule has 0 aromatic carbocycles. The molecule has 1 heterocycles. The van der Waals surface area contributed by atoms with Crippen LogP contribution in [0.1, 0.15) is 52.9 Å². The highest BCUT2D eigenvalue weighted by molar-refractivity contribution is 6.84. The summed E-state index contributed by atoms with van der Waals surface area (Å²) in [7, 11) is -1.42. The van der Waals surface area contributed by atoms with Gasteiger partial charge in [0.2, 0.25) is 0 Å². The summed E-state index contributed by atoms with van der Waals surface area (Å²) in [6.45, 7) is 6.88. The van der Waals surface area contributed by atoms with Crippen molar-refractivity contribution in [2.75, 3.05) is 0 Å². The number of cyclic esters (lactones) is 1. The van der Waals surface area contributed by atoms with Crippen LogP contribution in [0.25, 0.3) is 0 Å². The summed E-state index contributed by atoms with van der Waals surface area (Å²) in [5, 5.41) is 0. The van der Waals surface area contributed by atoms with Gasteiger partial charge < -0.3 is 4.74 Å². The Labute approximate surface area is 112 Å². The Kier molecular flexibility index (Phi) is 4.52. The molecule has 18 heavy (non-hydrogen) atoms. The second kappa shape index (κ2) is 5.77. The molecule has 104 valence electrons. The molecule has 2 atom stereocenters. The van der Waals surface area contributed by atoms with Crippen LogP contribution < -0.4 is 0 Å². The first-order valence-electron chi connectivity index (χ1n) is 7.89. The molecule has 3 heteroatoms. The standard InChI is InChI=1S/C15H28O2Si/c1-4-18(5-2,6-3)14-13(17-15(14)16)12-10-8-7-9-11-12/h12-14H,4-11H2,1-3H3/t13-,14-/m1/s1. The molecule has 0 spiro atoms. The number of rotatable bonds is 5. The second-order valence-corrected chi connectivity index (χ2v) is 11.7. The van der Waals surface area contributed by atoms with E-state index < -0.39 is 8.07 Å². The van der Waals surface area contributed by atoms with Crippen LogP contribution in [-0.2, 0) is 9.53 Å². The molecular formula is C15H28O2Si. The molecule has 0 amide bonds. The molecule has 2 fully saturated rings. The smallest absolute Gasteiger partial charge is 0.310 e. The van der Waals surface area contributed by atoms with Crippen LogP contribution in [-0.4, -0.2) is 20.1 Å². The minimum Gasteiger partial charge on any atom is -0.461 e. The van der Waals surface area contributed by atoms with Crippen LogP contribution in [0.15, 0.2) is 0 Å². The van der Waals surface area contributed by atoms with Gasteiger partial charge in [0.05, 0.1) is 13.6 Å². The first kappa shape index (κ1) is 14.1. The summed E-state index contributed by atoms with van der Waals surface area (Å²) in [5.74, 6) is 0.820. The van der Waals surface area contributed by atoms with E-state index in [2.05, 4.69) is 20.8 Å². The summed E-state index contributed by atoms with van der Waals surface area (Å²) >= 11 is 0. The summed E-state index contributed by atoms with van der Waals surface area (Å²) < 4.78 is 5.60. The monoisotopic (exact) mass is 268 g/mol. The van der Waals surface area contributed by atoms with Gasteiger partial charge in [-0.2, -0.15) is 0 Å². The SMILES string of the molecule is CC[Si](CC)(CC)[C@H]1C(=O)O[C@@H]1C1CCCCC1. The highest BCUT2D eigenvalue weighted by Crippen LogP contribution is 2.49. The largest absolute Gasteiger partial charge is 0.461 e. The predicted molar refractivity (Wildman–Crippen MR) is 77.4 cm³/mol. The normalized spacial score (nSPS) is 29.8. The van der Waals surface area contributed by atoms with Gasteiger partial charge in [0.15, 0.2) is 0 Å². The molecule has 0 radical (unpaired) electrons. The molecule has 0 unspecified atom stereocenters. The van der Waals surface area contributed by atoms with Gasteiger partial charge in [-0.05, 0) is 18.8 Å². The number of hydrogen-bond acceptors (Lipinski definition) is 2. The van der Waals surface area contributed by atoms with Crippen LogP contribution >= 0.6 is 0 Å².